The summed E-state index contributed by atoms with van der Waals surface area (Å²) in [5.74, 6) is 1.66. The monoisotopic (exact) mass is 379 g/mol. The molecular weight excluding hydrogens is 354 g/mol. The van der Waals surface area contributed by atoms with E-state index in [-0.39, 0.29) is 0 Å². The molecule has 2 aromatic carbocycles. The van der Waals surface area contributed by atoms with Crippen LogP contribution in [0.3, 0.4) is 0 Å². The van der Waals surface area contributed by atoms with Crippen molar-refractivity contribution < 1.29 is 9.47 Å². The Morgan fingerprint density at radius 2 is 1.89 bits per heavy atom. The normalized spacial score (nSPS) is 14.9. The lowest BCUT2D eigenvalue weighted by molar-refractivity contribution is 0.0378. The van der Waals surface area contributed by atoms with Gasteiger partial charge in [0.1, 0.15) is 17.8 Å². The number of nitrogens with zero attached hydrogens (tertiary/aromatic N) is 3. The van der Waals surface area contributed by atoms with E-state index >= 15 is 0 Å². The highest BCUT2D eigenvalue weighted by Gasteiger charge is 2.12. The van der Waals surface area contributed by atoms with Gasteiger partial charge in [-0.05, 0) is 35.9 Å². The lowest BCUT2D eigenvalue weighted by Gasteiger charge is -2.26. The largest absolute Gasteiger partial charge is 0.437 e. The number of nitrogens with two attached hydrogens (primary N) is 1. The summed E-state index contributed by atoms with van der Waals surface area (Å²) in [7, 11) is 0. The maximum absolute atomic E-state index is 6.23. The molecule has 0 aliphatic carbocycles. The first kappa shape index (κ1) is 18.5. The van der Waals surface area contributed by atoms with Crippen molar-refractivity contribution in [2.75, 3.05) is 50.4 Å². The van der Waals surface area contributed by atoms with Crippen LogP contribution >= 0.6 is 0 Å². The summed E-state index contributed by atoms with van der Waals surface area (Å²) in [4.78, 5) is 10.9. The lowest BCUT2D eigenvalue weighted by atomic mass is 10.1. The number of morpholine rings is 1. The molecule has 2 heterocycles. The Bertz CT molecular complexity index is 928. The first-order valence-electron chi connectivity index (χ1n) is 9.61. The van der Waals surface area contributed by atoms with Crippen molar-refractivity contribution in [1.82, 2.24) is 14.9 Å². The van der Waals surface area contributed by atoms with E-state index in [1.807, 2.05) is 36.4 Å². The number of nitrogen functional groups attached to an aromatic ring is 1. The number of hydrogen-bond donors (Lipinski definition) is 2. The van der Waals surface area contributed by atoms with Gasteiger partial charge in [0.15, 0.2) is 5.82 Å². The Labute approximate surface area is 164 Å². The third-order valence-electron chi connectivity index (χ3n) is 4.83. The summed E-state index contributed by atoms with van der Waals surface area (Å²) in [5.41, 5.74) is 6.65. The lowest BCUT2D eigenvalue weighted by Crippen LogP contribution is -2.37. The van der Waals surface area contributed by atoms with Gasteiger partial charge in [-0.2, -0.15) is 4.98 Å². The summed E-state index contributed by atoms with van der Waals surface area (Å²) in [5, 5.41) is 5.56. The van der Waals surface area contributed by atoms with E-state index in [1.165, 1.54) is 6.33 Å². The minimum atomic E-state index is 0.362. The molecule has 1 saturated heterocycles. The SMILES string of the molecule is Nc1c(NCCCN2CCOCC2)ncnc1Oc1ccc2ccccc2c1. The predicted molar refractivity (Wildman–Crippen MR) is 111 cm³/mol. The number of anilines is 2. The van der Waals surface area contributed by atoms with E-state index in [0.717, 1.165) is 56.6 Å². The fraction of sp³-hybridized carbons (Fsp3) is 0.333. The second kappa shape index (κ2) is 8.86. The van der Waals surface area contributed by atoms with Crippen molar-refractivity contribution >= 4 is 22.3 Å². The number of aromatic nitrogens is 2. The number of fused-ring (bicyclic) bond motifs is 1. The Hall–Kier alpha value is -2.90. The molecule has 0 amide bonds. The summed E-state index contributed by atoms with van der Waals surface area (Å²) < 4.78 is 11.3. The van der Waals surface area contributed by atoms with Gasteiger partial charge in [0.25, 0.3) is 0 Å². The topological polar surface area (TPSA) is 85.5 Å². The summed E-state index contributed by atoms with van der Waals surface area (Å²) >= 11 is 0. The van der Waals surface area contributed by atoms with Crippen molar-refractivity contribution in [3.8, 4) is 11.6 Å². The van der Waals surface area contributed by atoms with E-state index in [4.69, 9.17) is 15.2 Å². The van der Waals surface area contributed by atoms with Crippen LogP contribution in [-0.2, 0) is 4.74 Å². The van der Waals surface area contributed by atoms with Crippen LogP contribution in [0.4, 0.5) is 11.5 Å². The maximum atomic E-state index is 6.23. The molecule has 3 aromatic rings. The molecule has 1 fully saturated rings. The first-order valence-corrected chi connectivity index (χ1v) is 9.61. The Balaban J connectivity index is 1.37. The fourth-order valence-electron chi connectivity index (χ4n) is 3.28. The fourth-order valence-corrected chi connectivity index (χ4v) is 3.28. The van der Waals surface area contributed by atoms with Crippen LogP contribution in [0.2, 0.25) is 0 Å². The quantitative estimate of drug-likeness (QED) is 0.610. The molecule has 0 bridgehead atoms. The molecule has 1 aliphatic heterocycles. The van der Waals surface area contributed by atoms with Gasteiger partial charge in [-0.25, -0.2) is 4.98 Å². The Kier molecular flexibility index (Phi) is 5.84. The van der Waals surface area contributed by atoms with E-state index in [9.17, 15) is 0 Å². The van der Waals surface area contributed by atoms with Crippen LogP contribution in [0.15, 0.2) is 48.8 Å². The predicted octanol–water partition coefficient (Wildman–Crippen LogP) is 3.14. The molecule has 0 atom stereocenters. The minimum Gasteiger partial charge on any atom is -0.437 e. The van der Waals surface area contributed by atoms with Gasteiger partial charge in [0, 0.05) is 19.6 Å². The number of ether oxygens (including phenoxy) is 2. The van der Waals surface area contributed by atoms with E-state index in [1.54, 1.807) is 0 Å². The van der Waals surface area contributed by atoms with Gasteiger partial charge in [-0.1, -0.05) is 30.3 Å². The summed E-state index contributed by atoms with van der Waals surface area (Å²) in [6.07, 6.45) is 2.47. The highest BCUT2D eigenvalue weighted by atomic mass is 16.5. The zero-order chi connectivity index (χ0) is 19.2. The molecule has 1 aliphatic rings. The van der Waals surface area contributed by atoms with E-state index in [2.05, 4.69) is 26.3 Å². The average Bonchev–Trinajstić information content (AvgIpc) is 2.74. The zero-order valence-electron chi connectivity index (χ0n) is 15.8. The van der Waals surface area contributed by atoms with Gasteiger partial charge in [0.05, 0.1) is 13.2 Å². The van der Waals surface area contributed by atoms with Gasteiger partial charge >= 0.3 is 0 Å². The van der Waals surface area contributed by atoms with Crippen molar-refractivity contribution in [2.45, 2.75) is 6.42 Å². The second-order valence-corrected chi connectivity index (χ2v) is 6.79. The molecule has 0 saturated carbocycles. The van der Waals surface area contributed by atoms with Gasteiger partial charge in [-0.15, -0.1) is 0 Å². The molecule has 7 heteroatoms. The molecule has 1 aromatic heterocycles. The Morgan fingerprint density at radius 3 is 2.75 bits per heavy atom. The summed E-state index contributed by atoms with van der Waals surface area (Å²) in [6.45, 7) is 5.46. The summed E-state index contributed by atoms with van der Waals surface area (Å²) in [6, 6.07) is 14.1. The molecule has 146 valence electrons. The maximum Gasteiger partial charge on any atom is 0.248 e. The smallest absolute Gasteiger partial charge is 0.248 e. The highest BCUT2D eigenvalue weighted by Crippen LogP contribution is 2.30. The molecule has 3 N–H and O–H groups in total. The van der Waals surface area contributed by atoms with Crippen molar-refractivity contribution in [1.29, 1.82) is 0 Å². The number of nitrogens with one attached hydrogen (secondary N) is 1. The standard InChI is InChI=1S/C21H25N5O2/c22-19-20(23-8-3-9-26-10-12-27-13-11-26)24-15-25-21(19)28-18-7-6-16-4-1-2-5-17(16)14-18/h1-2,4-7,14-15H,3,8-13,22H2,(H,23,24,25). The molecule has 7 nitrogen and oxygen atoms in total. The third kappa shape index (κ3) is 4.49. The van der Waals surface area contributed by atoms with Gasteiger partial charge < -0.3 is 20.5 Å². The minimum absolute atomic E-state index is 0.362. The number of hydrogen-bond acceptors (Lipinski definition) is 7. The van der Waals surface area contributed by atoms with Gasteiger partial charge in [-0.3, -0.25) is 4.90 Å². The molecule has 28 heavy (non-hydrogen) atoms. The van der Waals surface area contributed by atoms with Crippen molar-refractivity contribution in [3.63, 3.8) is 0 Å². The van der Waals surface area contributed by atoms with E-state index in [0.29, 0.717) is 23.1 Å². The van der Waals surface area contributed by atoms with Crippen LogP contribution in [0.1, 0.15) is 6.42 Å². The molecule has 4 rings (SSSR count). The van der Waals surface area contributed by atoms with Crippen LogP contribution < -0.4 is 15.8 Å². The van der Waals surface area contributed by atoms with Crippen LogP contribution in [0.5, 0.6) is 11.6 Å². The van der Waals surface area contributed by atoms with Crippen LogP contribution in [-0.4, -0.2) is 54.3 Å². The number of rotatable bonds is 7. The molecule has 0 radical (unpaired) electrons. The Morgan fingerprint density at radius 1 is 1.07 bits per heavy atom. The van der Waals surface area contributed by atoms with Crippen molar-refractivity contribution in [2.24, 2.45) is 0 Å². The molecule has 0 spiro atoms. The molecule has 0 unspecified atom stereocenters. The average molecular weight is 379 g/mol. The molecular formula is C21H25N5O2. The van der Waals surface area contributed by atoms with E-state index < -0.39 is 0 Å². The van der Waals surface area contributed by atoms with Crippen LogP contribution in [0, 0.1) is 0 Å². The number of benzene rings is 2. The second-order valence-electron chi connectivity index (χ2n) is 6.79. The van der Waals surface area contributed by atoms with Gasteiger partial charge in [0.2, 0.25) is 5.88 Å². The zero-order valence-corrected chi connectivity index (χ0v) is 15.8. The third-order valence-corrected chi connectivity index (χ3v) is 4.83. The van der Waals surface area contributed by atoms with Crippen LogP contribution in [0.25, 0.3) is 10.8 Å². The first-order chi connectivity index (χ1) is 13.8. The van der Waals surface area contributed by atoms with Crippen molar-refractivity contribution in [3.05, 3.63) is 48.8 Å². The highest BCUT2D eigenvalue weighted by molar-refractivity contribution is 5.83.